The van der Waals surface area contributed by atoms with Crippen molar-refractivity contribution in [1.29, 1.82) is 0 Å². The second-order valence-corrected chi connectivity index (χ2v) is 7.31. The lowest BCUT2D eigenvalue weighted by molar-refractivity contribution is 0.610. The third-order valence-electron chi connectivity index (χ3n) is 4.62. The minimum atomic E-state index is 0.548. The van der Waals surface area contributed by atoms with Gasteiger partial charge in [-0.25, -0.2) is 14.6 Å². The predicted molar refractivity (Wildman–Crippen MR) is 94.1 cm³/mol. The van der Waals surface area contributed by atoms with E-state index in [2.05, 4.69) is 32.3 Å². The second kappa shape index (κ2) is 5.66. The second-order valence-electron chi connectivity index (χ2n) is 6.45. The lowest BCUT2D eigenvalue weighted by Crippen LogP contribution is -2.18. The first-order valence-electron chi connectivity index (χ1n) is 8.46. The van der Waals surface area contributed by atoms with Crippen molar-refractivity contribution in [2.45, 2.75) is 31.7 Å². The largest absolute Gasteiger partial charge is 0.357 e. The Bertz CT molecular complexity index is 842. The van der Waals surface area contributed by atoms with Gasteiger partial charge in [-0.15, -0.1) is 16.4 Å². The lowest BCUT2D eigenvalue weighted by atomic mass is 10.3. The molecular formula is C17H18N6S. The van der Waals surface area contributed by atoms with Crippen molar-refractivity contribution < 1.29 is 0 Å². The van der Waals surface area contributed by atoms with Crippen LogP contribution in [0.4, 0.5) is 5.82 Å². The van der Waals surface area contributed by atoms with Crippen LogP contribution in [0.5, 0.6) is 0 Å². The van der Waals surface area contributed by atoms with Gasteiger partial charge >= 0.3 is 0 Å². The first-order valence-corrected chi connectivity index (χ1v) is 9.34. The normalized spacial score (nSPS) is 17.6. The topological polar surface area (TPSA) is 59.7 Å². The zero-order valence-corrected chi connectivity index (χ0v) is 14.1. The molecule has 2 fully saturated rings. The Labute approximate surface area is 144 Å². The lowest BCUT2D eigenvalue weighted by Gasteiger charge is -2.15. The third kappa shape index (κ3) is 2.58. The first-order chi connectivity index (χ1) is 11.9. The zero-order chi connectivity index (χ0) is 15.9. The van der Waals surface area contributed by atoms with Crippen molar-refractivity contribution in [3.8, 4) is 22.0 Å². The van der Waals surface area contributed by atoms with Gasteiger partial charge in [-0.05, 0) is 37.8 Å². The summed E-state index contributed by atoms with van der Waals surface area (Å²) in [5.41, 5.74) is 2.81. The molecule has 1 saturated carbocycles. The number of hydrogen-bond donors (Lipinski definition) is 0. The van der Waals surface area contributed by atoms with Crippen LogP contribution in [0.2, 0.25) is 0 Å². The molecule has 7 heteroatoms. The highest BCUT2D eigenvalue weighted by molar-refractivity contribution is 7.13. The van der Waals surface area contributed by atoms with E-state index in [9.17, 15) is 0 Å². The molecule has 3 aromatic heterocycles. The molecule has 3 aromatic rings. The molecule has 6 nitrogen and oxygen atoms in total. The van der Waals surface area contributed by atoms with E-state index in [1.807, 2.05) is 22.5 Å². The maximum absolute atomic E-state index is 4.72. The van der Waals surface area contributed by atoms with Crippen molar-refractivity contribution in [2.75, 3.05) is 18.0 Å². The molecule has 4 heterocycles. The summed E-state index contributed by atoms with van der Waals surface area (Å²) < 4.78 is 1.96. The fraction of sp³-hybridized carbons (Fsp3) is 0.412. The van der Waals surface area contributed by atoms with Crippen LogP contribution in [0.1, 0.15) is 31.7 Å². The minimum absolute atomic E-state index is 0.548. The van der Waals surface area contributed by atoms with Gasteiger partial charge in [-0.2, -0.15) is 0 Å². The van der Waals surface area contributed by atoms with Gasteiger partial charge < -0.3 is 4.90 Å². The minimum Gasteiger partial charge on any atom is -0.357 e. The number of pyridine rings is 1. The molecule has 1 aliphatic heterocycles. The smallest absolute Gasteiger partial charge is 0.132 e. The van der Waals surface area contributed by atoms with Crippen LogP contribution in [0.15, 0.2) is 29.9 Å². The molecule has 0 bridgehead atoms. The molecule has 1 saturated heterocycles. The molecule has 2 aliphatic rings. The van der Waals surface area contributed by atoms with Crippen molar-refractivity contribution in [3.63, 3.8) is 0 Å². The van der Waals surface area contributed by atoms with Crippen molar-refractivity contribution in [3.05, 3.63) is 29.9 Å². The van der Waals surface area contributed by atoms with Crippen LogP contribution >= 0.6 is 11.3 Å². The molecule has 24 heavy (non-hydrogen) atoms. The molecule has 5 rings (SSSR count). The Kier molecular flexibility index (Phi) is 3.33. The molecule has 0 amide bonds. The molecule has 122 valence electrons. The Hall–Kier alpha value is -2.28. The summed E-state index contributed by atoms with van der Waals surface area (Å²) in [5, 5.41) is 11.5. The number of rotatable bonds is 4. The van der Waals surface area contributed by atoms with Gasteiger partial charge in [0, 0.05) is 30.2 Å². The van der Waals surface area contributed by atoms with Crippen LogP contribution in [-0.2, 0) is 0 Å². The fourth-order valence-corrected chi connectivity index (χ4v) is 3.89. The number of aromatic nitrogens is 5. The van der Waals surface area contributed by atoms with Crippen molar-refractivity contribution >= 4 is 17.2 Å². The standard InChI is InChI=1S/C17H18N6S/c1-2-8-22(7-1)16-6-3-12(9-18-16)17-19-15(11-24-17)14-10-23(21-20-14)13-4-5-13/h3,6,9-11,13H,1-2,4-5,7-8H2. The SMILES string of the molecule is c1cc(N2CCCC2)ncc1-c1nc(-c2cn(C3CC3)nn2)cs1. The van der Waals surface area contributed by atoms with Gasteiger partial charge in [-0.3, -0.25) is 0 Å². The Morgan fingerprint density at radius 2 is 1.96 bits per heavy atom. The summed E-state index contributed by atoms with van der Waals surface area (Å²) >= 11 is 1.63. The van der Waals surface area contributed by atoms with Crippen LogP contribution in [-0.4, -0.2) is 38.1 Å². The predicted octanol–water partition coefficient (Wildman–Crippen LogP) is 3.40. The highest BCUT2D eigenvalue weighted by Gasteiger charge is 2.25. The summed E-state index contributed by atoms with van der Waals surface area (Å²) in [5.74, 6) is 1.07. The Morgan fingerprint density at radius 3 is 2.71 bits per heavy atom. The van der Waals surface area contributed by atoms with E-state index < -0.39 is 0 Å². The van der Waals surface area contributed by atoms with E-state index in [-0.39, 0.29) is 0 Å². The summed E-state index contributed by atoms with van der Waals surface area (Å²) in [4.78, 5) is 11.7. The third-order valence-corrected chi connectivity index (χ3v) is 5.51. The summed E-state index contributed by atoms with van der Waals surface area (Å²) in [6, 6.07) is 4.77. The molecule has 0 aromatic carbocycles. The monoisotopic (exact) mass is 338 g/mol. The molecule has 1 aliphatic carbocycles. The number of anilines is 1. The van der Waals surface area contributed by atoms with Gasteiger partial charge in [0.15, 0.2) is 0 Å². The van der Waals surface area contributed by atoms with Crippen LogP contribution in [0.3, 0.4) is 0 Å². The first kappa shape index (κ1) is 14.1. The fourth-order valence-electron chi connectivity index (χ4n) is 3.08. The van der Waals surface area contributed by atoms with Crippen LogP contribution in [0, 0.1) is 0 Å². The van der Waals surface area contributed by atoms with E-state index in [1.54, 1.807) is 11.3 Å². The van der Waals surface area contributed by atoms with E-state index in [0.717, 1.165) is 40.9 Å². The summed E-state index contributed by atoms with van der Waals surface area (Å²) in [7, 11) is 0. The summed E-state index contributed by atoms with van der Waals surface area (Å²) in [6.45, 7) is 2.23. The Morgan fingerprint density at radius 1 is 1.08 bits per heavy atom. The van der Waals surface area contributed by atoms with E-state index >= 15 is 0 Å². The van der Waals surface area contributed by atoms with Gasteiger partial charge in [0.2, 0.25) is 0 Å². The molecule has 0 N–H and O–H groups in total. The Balaban J connectivity index is 1.37. The number of thiazole rings is 1. The molecule has 0 radical (unpaired) electrons. The van der Waals surface area contributed by atoms with E-state index in [1.165, 1.54) is 25.7 Å². The molecule has 0 unspecified atom stereocenters. The van der Waals surface area contributed by atoms with Gasteiger partial charge in [-0.1, -0.05) is 5.21 Å². The van der Waals surface area contributed by atoms with Crippen molar-refractivity contribution in [1.82, 2.24) is 25.0 Å². The van der Waals surface area contributed by atoms with Gasteiger partial charge in [0.1, 0.15) is 22.2 Å². The summed E-state index contributed by atoms with van der Waals surface area (Å²) in [6.07, 6.45) is 8.88. The van der Waals surface area contributed by atoms with E-state index in [4.69, 9.17) is 4.98 Å². The van der Waals surface area contributed by atoms with Gasteiger partial charge in [0.05, 0.1) is 12.2 Å². The molecular weight excluding hydrogens is 320 g/mol. The van der Waals surface area contributed by atoms with Gasteiger partial charge in [0.25, 0.3) is 0 Å². The molecule has 0 atom stereocenters. The quantitative estimate of drug-likeness (QED) is 0.730. The maximum Gasteiger partial charge on any atom is 0.132 e. The van der Waals surface area contributed by atoms with Crippen LogP contribution in [0.25, 0.3) is 22.0 Å². The average molecular weight is 338 g/mol. The number of hydrogen-bond acceptors (Lipinski definition) is 6. The zero-order valence-electron chi connectivity index (χ0n) is 13.3. The highest BCUT2D eigenvalue weighted by atomic mass is 32.1. The maximum atomic E-state index is 4.72. The van der Waals surface area contributed by atoms with Crippen molar-refractivity contribution in [2.24, 2.45) is 0 Å². The average Bonchev–Trinajstić information content (AvgIpc) is 3.07. The highest BCUT2D eigenvalue weighted by Crippen LogP contribution is 2.35. The molecule has 0 spiro atoms. The van der Waals surface area contributed by atoms with Crippen LogP contribution < -0.4 is 4.90 Å². The van der Waals surface area contributed by atoms with E-state index in [0.29, 0.717) is 6.04 Å². The number of nitrogens with zero attached hydrogens (tertiary/aromatic N) is 6.